The summed E-state index contributed by atoms with van der Waals surface area (Å²) in [6.45, 7) is 3.49. The Labute approximate surface area is 147 Å². The van der Waals surface area contributed by atoms with Gasteiger partial charge in [0.05, 0.1) is 6.54 Å². The first-order chi connectivity index (χ1) is 12.0. The predicted molar refractivity (Wildman–Crippen MR) is 97.2 cm³/mol. The second-order valence-electron chi connectivity index (χ2n) is 6.28. The van der Waals surface area contributed by atoms with Crippen LogP contribution >= 0.6 is 0 Å². The third-order valence-corrected chi connectivity index (χ3v) is 4.12. The van der Waals surface area contributed by atoms with E-state index in [2.05, 4.69) is 5.32 Å². The van der Waals surface area contributed by atoms with E-state index in [1.54, 1.807) is 25.1 Å². The van der Waals surface area contributed by atoms with Crippen molar-refractivity contribution in [3.05, 3.63) is 83.8 Å². The smallest absolute Gasteiger partial charge is 0.252 e. The van der Waals surface area contributed by atoms with E-state index in [9.17, 15) is 9.90 Å². The lowest BCUT2D eigenvalue weighted by atomic mass is 9.98. The minimum atomic E-state index is -1.27. The van der Waals surface area contributed by atoms with E-state index in [-0.39, 0.29) is 12.5 Å². The molecule has 0 aliphatic carbocycles. The quantitative estimate of drug-likeness (QED) is 0.743. The third-order valence-electron chi connectivity index (χ3n) is 4.12. The monoisotopic (exact) mass is 335 g/mol. The topological polar surface area (TPSA) is 62.5 Å². The highest BCUT2D eigenvalue weighted by Gasteiger charge is 2.28. The summed E-state index contributed by atoms with van der Waals surface area (Å²) in [5.41, 5.74) is 1.13. The maximum atomic E-state index is 12.7. The third kappa shape index (κ3) is 3.80. The van der Waals surface area contributed by atoms with E-state index in [1.165, 1.54) is 0 Å². The highest BCUT2D eigenvalue weighted by Crippen LogP contribution is 2.25. The molecule has 1 atom stereocenters. The minimum absolute atomic E-state index is 0.0575. The first-order valence-electron chi connectivity index (χ1n) is 8.19. The molecular weight excluding hydrogens is 314 g/mol. The molecule has 3 aromatic rings. The van der Waals surface area contributed by atoms with Crippen molar-refractivity contribution >= 4 is 5.91 Å². The van der Waals surface area contributed by atoms with Gasteiger partial charge in [-0.15, -0.1) is 0 Å². The van der Waals surface area contributed by atoms with Crippen LogP contribution in [0.1, 0.15) is 28.8 Å². The van der Waals surface area contributed by atoms with Crippen molar-refractivity contribution in [3.63, 3.8) is 0 Å². The van der Waals surface area contributed by atoms with Crippen LogP contribution < -0.4 is 5.32 Å². The van der Waals surface area contributed by atoms with Crippen LogP contribution in [0.5, 0.6) is 0 Å². The van der Waals surface area contributed by atoms with Crippen LogP contribution in [0.2, 0.25) is 0 Å². The zero-order chi connectivity index (χ0) is 17.9. The Bertz CT molecular complexity index is 866. The molecule has 2 N–H and O–H groups in total. The van der Waals surface area contributed by atoms with E-state index in [0.29, 0.717) is 11.3 Å². The van der Waals surface area contributed by atoms with E-state index >= 15 is 0 Å². The zero-order valence-corrected chi connectivity index (χ0v) is 14.3. The largest absolute Gasteiger partial charge is 0.463 e. The fraction of sp³-hybridized carbons (Fsp3) is 0.190. The molecule has 0 aliphatic heterocycles. The van der Waals surface area contributed by atoms with E-state index < -0.39 is 5.60 Å². The second-order valence-corrected chi connectivity index (χ2v) is 6.28. The molecule has 0 bridgehead atoms. The average molecular weight is 335 g/mol. The Kier molecular flexibility index (Phi) is 4.72. The summed E-state index contributed by atoms with van der Waals surface area (Å²) in [7, 11) is 0. The summed E-state index contributed by atoms with van der Waals surface area (Å²) in [5, 5.41) is 13.4. The maximum Gasteiger partial charge on any atom is 0.252 e. The number of amides is 1. The van der Waals surface area contributed by atoms with Crippen LogP contribution in [0.4, 0.5) is 0 Å². The van der Waals surface area contributed by atoms with Crippen LogP contribution in [0.25, 0.3) is 11.1 Å². The number of rotatable bonds is 5. The van der Waals surface area contributed by atoms with Crippen molar-refractivity contribution < 1.29 is 14.3 Å². The molecule has 1 aromatic heterocycles. The second kappa shape index (κ2) is 6.95. The van der Waals surface area contributed by atoms with Crippen LogP contribution in [-0.4, -0.2) is 17.6 Å². The normalized spacial score (nSPS) is 13.2. The Hall–Kier alpha value is -2.85. The molecule has 0 radical (unpaired) electrons. The average Bonchev–Trinajstić information content (AvgIpc) is 3.08. The van der Waals surface area contributed by atoms with Gasteiger partial charge in [0, 0.05) is 5.56 Å². The fourth-order valence-corrected chi connectivity index (χ4v) is 2.71. The molecule has 4 heteroatoms. The number of carbonyl (C=O) groups is 1. The first-order valence-corrected chi connectivity index (χ1v) is 8.19. The Morgan fingerprint density at radius 3 is 2.40 bits per heavy atom. The summed E-state index contributed by atoms with van der Waals surface area (Å²) in [6, 6.07) is 20.7. The van der Waals surface area contributed by atoms with Gasteiger partial charge in [-0.2, -0.15) is 0 Å². The number of aliphatic hydroxyl groups is 1. The van der Waals surface area contributed by atoms with Gasteiger partial charge in [-0.3, -0.25) is 4.79 Å². The number of furan rings is 1. The minimum Gasteiger partial charge on any atom is -0.463 e. The number of hydrogen-bond donors (Lipinski definition) is 2. The van der Waals surface area contributed by atoms with Crippen LogP contribution in [0.3, 0.4) is 0 Å². The molecule has 128 valence electrons. The van der Waals surface area contributed by atoms with Gasteiger partial charge in [0.25, 0.3) is 5.91 Å². The number of aryl methyl sites for hydroxylation is 1. The number of hydrogen-bond acceptors (Lipinski definition) is 3. The van der Waals surface area contributed by atoms with Crippen molar-refractivity contribution in [2.24, 2.45) is 0 Å². The van der Waals surface area contributed by atoms with Gasteiger partial charge in [0.2, 0.25) is 0 Å². The molecule has 0 saturated heterocycles. The molecule has 1 amide bonds. The Morgan fingerprint density at radius 2 is 1.72 bits per heavy atom. The van der Waals surface area contributed by atoms with Crippen molar-refractivity contribution in [1.29, 1.82) is 0 Å². The van der Waals surface area contributed by atoms with Crippen molar-refractivity contribution in [1.82, 2.24) is 5.32 Å². The highest BCUT2D eigenvalue weighted by molar-refractivity contribution is 6.00. The SMILES string of the molecule is Cc1ccc(C(C)(O)CNC(=O)c2ccccc2-c2ccccc2)o1. The van der Waals surface area contributed by atoms with Gasteiger partial charge in [0.15, 0.2) is 0 Å². The standard InChI is InChI=1S/C21H21NO3/c1-15-12-13-19(25-15)21(2,24)14-22-20(23)18-11-7-6-10-17(18)16-8-4-3-5-9-16/h3-13,24H,14H2,1-2H3,(H,22,23). The summed E-state index contributed by atoms with van der Waals surface area (Å²) in [5.74, 6) is 0.917. The van der Waals surface area contributed by atoms with Crippen molar-refractivity contribution in [2.45, 2.75) is 19.4 Å². The molecule has 0 aliphatic rings. The lowest BCUT2D eigenvalue weighted by molar-refractivity contribution is 0.0323. The molecule has 0 saturated carbocycles. The van der Waals surface area contributed by atoms with Crippen molar-refractivity contribution in [3.8, 4) is 11.1 Å². The van der Waals surface area contributed by atoms with E-state index in [1.807, 2.05) is 55.5 Å². The zero-order valence-electron chi connectivity index (χ0n) is 14.3. The van der Waals surface area contributed by atoms with Gasteiger partial charge in [-0.25, -0.2) is 0 Å². The Morgan fingerprint density at radius 1 is 1.04 bits per heavy atom. The van der Waals surface area contributed by atoms with Crippen LogP contribution in [-0.2, 0) is 5.60 Å². The molecule has 1 unspecified atom stereocenters. The number of benzene rings is 2. The van der Waals surface area contributed by atoms with Gasteiger partial charge in [0.1, 0.15) is 17.1 Å². The Balaban J connectivity index is 1.78. The first kappa shape index (κ1) is 17.0. The number of carbonyl (C=O) groups excluding carboxylic acids is 1. The molecule has 4 nitrogen and oxygen atoms in total. The lowest BCUT2D eigenvalue weighted by Gasteiger charge is -2.21. The molecule has 3 rings (SSSR count). The molecule has 0 spiro atoms. The molecular formula is C21H21NO3. The molecule has 1 heterocycles. The molecule has 2 aromatic carbocycles. The van der Waals surface area contributed by atoms with Crippen LogP contribution in [0.15, 0.2) is 71.1 Å². The summed E-state index contributed by atoms with van der Waals surface area (Å²) < 4.78 is 5.48. The number of nitrogens with one attached hydrogen (secondary N) is 1. The van der Waals surface area contributed by atoms with Gasteiger partial charge < -0.3 is 14.8 Å². The van der Waals surface area contributed by atoms with E-state index in [0.717, 1.165) is 16.9 Å². The summed E-state index contributed by atoms with van der Waals surface area (Å²) in [6.07, 6.45) is 0. The van der Waals surface area contributed by atoms with Gasteiger partial charge in [-0.05, 0) is 43.2 Å². The fourth-order valence-electron chi connectivity index (χ4n) is 2.71. The van der Waals surface area contributed by atoms with Crippen molar-refractivity contribution in [2.75, 3.05) is 6.54 Å². The molecule has 25 heavy (non-hydrogen) atoms. The van der Waals surface area contributed by atoms with Gasteiger partial charge in [-0.1, -0.05) is 48.5 Å². The van der Waals surface area contributed by atoms with Gasteiger partial charge >= 0.3 is 0 Å². The highest BCUT2D eigenvalue weighted by atomic mass is 16.4. The lowest BCUT2D eigenvalue weighted by Crippen LogP contribution is -2.38. The van der Waals surface area contributed by atoms with E-state index in [4.69, 9.17) is 4.42 Å². The summed E-state index contributed by atoms with van der Waals surface area (Å²) in [4.78, 5) is 12.7. The van der Waals surface area contributed by atoms with Crippen LogP contribution in [0, 0.1) is 6.92 Å². The molecule has 0 fully saturated rings. The predicted octanol–water partition coefficient (Wildman–Crippen LogP) is 3.89. The maximum absolute atomic E-state index is 12.7. The summed E-state index contributed by atoms with van der Waals surface area (Å²) >= 11 is 0.